The maximum Gasteiger partial charge on any atom is 0.244 e. The molecule has 5 rings (SSSR count). The maximum absolute atomic E-state index is 13.4. The third-order valence-corrected chi connectivity index (χ3v) is 6.40. The molecule has 6 heteroatoms. The SMILES string of the molecule is CC(=O)[C@@H]1[C@@H]2C(=O)N(c3ccc(Cl)cc3)C(=O)[C@@H]2[C@@H]2c3ccccc3C=C[NH+]12. The second-order valence-electron chi connectivity index (χ2n) is 7.57. The van der Waals surface area contributed by atoms with E-state index in [2.05, 4.69) is 0 Å². The Hall–Kier alpha value is -2.76. The number of carbonyl (C=O) groups excluding carboxylic acids is 3. The Morgan fingerprint density at radius 2 is 1.68 bits per heavy atom. The first-order valence-corrected chi connectivity index (χ1v) is 9.64. The van der Waals surface area contributed by atoms with Gasteiger partial charge in [-0.25, -0.2) is 4.90 Å². The van der Waals surface area contributed by atoms with E-state index in [1.54, 1.807) is 24.3 Å². The molecule has 0 aliphatic carbocycles. The van der Waals surface area contributed by atoms with E-state index in [-0.39, 0.29) is 23.6 Å². The maximum atomic E-state index is 13.4. The van der Waals surface area contributed by atoms with Crippen LogP contribution in [0.5, 0.6) is 0 Å². The van der Waals surface area contributed by atoms with Gasteiger partial charge in [-0.15, -0.1) is 0 Å². The van der Waals surface area contributed by atoms with Crippen molar-refractivity contribution in [3.8, 4) is 0 Å². The van der Waals surface area contributed by atoms with Crippen LogP contribution in [-0.2, 0) is 14.4 Å². The van der Waals surface area contributed by atoms with Crippen molar-refractivity contribution in [3.05, 3.63) is 70.9 Å². The third-order valence-electron chi connectivity index (χ3n) is 6.14. The number of hydrogen-bond donors (Lipinski definition) is 1. The van der Waals surface area contributed by atoms with Crippen LogP contribution in [0.4, 0.5) is 5.69 Å². The molecule has 140 valence electrons. The van der Waals surface area contributed by atoms with E-state index in [0.29, 0.717) is 10.7 Å². The van der Waals surface area contributed by atoms with Crippen molar-refractivity contribution in [1.29, 1.82) is 0 Å². The van der Waals surface area contributed by atoms with Crippen molar-refractivity contribution >= 4 is 41.0 Å². The number of quaternary nitrogens is 1. The Morgan fingerprint density at radius 1 is 1.00 bits per heavy atom. The highest BCUT2D eigenvalue weighted by atomic mass is 35.5. The highest BCUT2D eigenvalue weighted by Gasteiger charge is 2.67. The van der Waals surface area contributed by atoms with Crippen LogP contribution in [0.15, 0.2) is 54.7 Å². The molecule has 0 radical (unpaired) electrons. The molecule has 2 saturated heterocycles. The number of nitrogens with one attached hydrogen (secondary N) is 1. The van der Waals surface area contributed by atoms with Gasteiger partial charge in [0, 0.05) is 17.5 Å². The number of imide groups is 1. The van der Waals surface area contributed by atoms with E-state index in [0.717, 1.165) is 16.0 Å². The fourth-order valence-corrected chi connectivity index (χ4v) is 5.19. The molecule has 2 fully saturated rings. The van der Waals surface area contributed by atoms with Crippen molar-refractivity contribution < 1.29 is 19.3 Å². The number of carbonyl (C=O) groups is 3. The Bertz CT molecular complexity index is 1050. The summed E-state index contributed by atoms with van der Waals surface area (Å²) in [5.74, 6) is -1.83. The van der Waals surface area contributed by atoms with Gasteiger partial charge in [0.15, 0.2) is 11.8 Å². The molecule has 5 atom stereocenters. The van der Waals surface area contributed by atoms with Crippen LogP contribution in [0.2, 0.25) is 5.02 Å². The molecule has 3 aliphatic heterocycles. The van der Waals surface area contributed by atoms with Crippen LogP contribution in [0.25, 0.3) is 6.08 Å². The fraction of sp³-hybridized carbons (Fsp3) is 0.227. The fourth-order valence-electron chi connectivity index (χ4n) is 5.07. The van der Waals surface area contributed by atoms with E-state index in [1.807, 2.05) is 36.5 Å². The molecular formula is C22H18ClN2O3+. The number of amides is 2. The van der Waals surface area contributed by atoms with Crippen LogP contribution in [0.3, 0.4) is 0 Å². The van der Waals surface area contributed by atoms with Gasteiger partial charge in [0.1, 0.15) is 17.9 Å². The first kappa shape index (κ1) is 17.3. The van der Waals surface area contributed by atoms with E-state index < -0.39 is 17.9 Å². The van der Waals surface area contributed by atoms with Gasteiger partial charge in [-0.3, -0.25) is 19.3 Å². The standard InChI is InChI=1S/C22H17ClN2O3/c1-12(26)19-17-18(20-16-5-3-2-4-13(16)10-11-24(19)20)22(28)25(21(17)27)15-8-6-14(23)7-9-15/h2-11,17-20H,1H3/p+1/t17-,18+,19-,20+/m1/s1. The lowest BCUT2D eigenvalue weighted by atomic mass is 9.84. The van der Waals surface area contributed by atoms with E-state index in [4.69, 9.17) is 11.6 Å². The van der Waals surface area contributed by atoms with E-state index >= 15 is 0 Å². The molecule has 0 saturated carbocycles. The molecule has 2 aromatic carbocycles. The van der Waals surface area contributed by atoms with Gasteiger partial charge in [0.2, 0.25) is 11.8 Å². The Labute approximate surface area is 167 Å². The zero-order valence-corrected chi connectivity index (χ0v) is 15.9. The molecule has 0 aromatic heterocycles. The number of fused-ring (bicyclic) bond motifs is 5. The lowest BCUT2D eigenvalue weighted by Crippen LogP contribution is -3.12. The predicted octanol–water partition coefficient (Wildman–Crippen LogP) is 2.03. The van der Waals surface area contributed by atoms with Gasteiger partial charge in [-0.1, -0.05) is 35.9 Å². The van der Waals surface area contributed by atoms with Crippen LogP contribution in [0, 0.1) is 11.8 Å². The first-order chi connectivity index (χ1) is 13.5. The lowest BCUT2D eigenvalue weighted by Gasteiger charge is -2.30. The van der Waals surface area contributed by atoms with Gasteiger partial charge in [0.05, 0.1) is 11.9 Å². The van der Waals surface area contributed by atoms with Gasteiger partial charge < -0.3 is 0 Å². The molecule has 5 nitrogen and oxygen atoms in total. The average Bonchev–Trinajstić information content (AvgIpc) is 3.16. The summed E-state index contributed by atoms with van der Waals surface area (Å²) in [5.41, 5.74) is 2.54. The number of anilines is 1. The minimum absolute atomic E-state index is 0.0735. The normalized spacial score (nSPS) is 30.2. The number of Topliss-reactive ketones (excluding diaryl/α,β-unsaturated/α-hetero) is 1. The molecular weight excluding hydrogens is 376 g/mol. The van der Waals surface area contributed by atoms with Gasteiger partial charge >= 0.3 is 0 Å². The second-order valence-corrected chi connectivity index (χ2v) is 8.00. The summed E-state index contributed by atoms with van der Waals surface area (Å²) in [6, 6.07) is 13.7. The molecule has 0 bridgehead atoms. The Kier molecular flexibility index (Phi) is 3.79. The molecule has 2 aromatic rings. The van der Waals surface area contributed by atoms with E-state index in [1.165, 1.54) is 11.8 Å². The number of halogens is 1. The quantitative estimate of drug-likeness (QED) is 0.794. The Morgan fingerprint density at radius 3 is 2.39 bits per heavy atom. The number of nitrogens with zero attached hydrogens (tertiary/aromatic N) is 1. The van der Waals surface area contributed by atoms with E-state index in [9.17, 15) is 14.4 Å². The minimum atomic E-state index is -0.656. The average molecular weight is 394 g/mol. The zero-order chi connectivity index (χ0) is 19.6. The van der Waals surface area contributed by atoms with Crippen molar-refractivity contribution in [3.63, 3.8) is 0 Å². The largest absolute Gasteiger partial charge is 0.293 e. The zero-order valence-electron chi connectivity index (χ0n) is 15.1. The number of ketones is 1. The van der Waals surface area contributed by atoms with Crippen molar-refractivity contribution in [2.45, 2.75) is 19.0 Å². The van der Waals surface area contributed by atoms with Crippen molar-refractivity contribution in [2.75, 3.05) is 4.90 Å². The summed E-state index contributed by atoms with van der Waals surface area (Å²) in [6.45, 7) is 1.51. The topological polar surface area (TPSA) is 58.9 Å². The number of benzene rings is 2. The summed E-state index contributed by atoms with van der Waals surface area (Å²) < 4.78 is 0. The highest BCUT2D eigenvalue weighted by Crippen LogP contribution is 2.44. The summed E-state index contributed by atoms with van der Waals surface area (Å²) in [7, 11) is 0. The van der Waals surface area contributed by atoms with Crippen LogP contribution >= 0.6 is 11.6 Å². The molecule has 1 unspecified atom stereocenters. The lowest BCUT2D eigenvalue weighted by molar-refractivity contribution is -0.884. The van der Waals surface area contributed by atoms with Gasteiger partial charge in [-0.2, -0.15) is 0 Å². The Balaban J connectivity index is 1.65. The highest BCUT2D eigenvalue weighted by molar-refractivity contribution is 6.31. The van der Waals surface area contributed by atoms with Crippen molar-refractivity contribution in [1.82, 2.24) is 0 Å². The summed E-state index contributed by atoms with van der Waals surface area (Å²) in [4.78, 5) is 41.4. The van der Waals surface area contributed by atoms with Gasteiger partial charge in [0.25, 0.3) is 0 Å². The van der Waals surface area contributed by atoms with Crippen molar-refractivity contribution in [2.24, 2.45) is 11.8 Å². The molecule has 1 N–H and O–H groups in total. The molecule has 0 spiro atoms. The minimum Gasteiger partial charge on any atom is -0.293 e. The first-order valence-electron chi connectivity index (χ1n) is 9.26. The monoisotopic (exact) mass is 393 g/mol. The molecule has 2 amide bonds. The van der Waals surface area contributed by atoms with Crippen LogP contribution in [0.1, 0.15) is 24.1 Å². The van der Waals surface area contributed by atoms with Crippen LogP contribution < -0.4 is 9.80 Å². The summed E-state index contributed by atoms with van der Waals surface area (Å²) >= 11 is 5.96. The molecule has 3 heterocycles. The third kappa shape index (κ3) is 2.26. The summed E-state index contributed by atoms with van der Waals surface area (Å²) in [6.07, 6.45) is 3.91. The molecule has 28 heavy (non-hydrogen) atoms. The number of rotatable bonds is 2. The van der Waals surface area contributed by atoms with Gasteiger partial charge in [-0.05, 0) is 35.9 Å². The second kappa shape index (κ2) is 6.12. The van der Waals surface area contributed by atoms with Crippen LogP contribution in [-0.4, -0.2) is 23.6 Å². The molecule has 3 aliphatic rings. The smallest absolute Gasteiger partial charge is 0.244 e. The summed E-state index contributed by atoms with van der Waals surface area (Å²) in [5, 5.41) is 0.534. The predicted molar refractivity (Wildman–Crippen MR) is 105 cm³/mol. The number of hydrogen-bond acceptors (Lipinski definition) is 3.